The van der Waals surface area contributed by atoms with Crippen LogP contribution < -0.4 is 0 Å². The number of aliphatic hydroxyl groups excluding tert-OH is 1. The van der Waals surface area contributed by atoms with E-state index in [0.29, 0.717) is 0 Å². The third kappa shape index (κ3) is 1.38. The molecule has 0 aliphatic heterocycles. The van der Waals surface area contributed by atoms with Gasteiger partial charge < -0.3 is 10.2 Å². The van der Waals surface area contributed by atoms with Crippen LogP contribution in [0.25, 0.3) is 10.1 Å². The molecule has 14 heavy (non-hydrogen) atoms. The Kier molecular flexibility index (Phi) is 2.44. The number of aliphatic hydroxyl groups is 1. The van der Waals surface area contributed by atoms with Gasteiger partial charge in [0.15, 0.2) is 0 Å². The Bertz CT molecular complexity index is 460. The topological polar surface area (TPSA) is 40.5 Å². The van der Waals surface area contributed by atoms with Gasteiger partial charge >= 0.3 is 0 Å². The summed E-state index contributed by atoms with van der Waals surface area (Å²) in [4.78, 5) is 0. The Hall–Kier alpha value is -1.06. The number of hydrogen-bond acceptors (Lipinski definition) is 3. The van der Waals surface area contributed by atoms with Gasteiger partial charge in [-0.15, -0.1) is 11.3 Å². The molecule has 0 spiro atoms. The van der Waals surface area contributed by atoms with Crippen molar-refractivity contribution < 1.29 is 10.2 Å². The zero-order chi connectivity index (χ0) is 10.1. The fourth-order valence-electron chi connectivity index (χ4n) is 1.63. The highest BCUT2D eigenvalue weighted by Crippen LogP contribution is 2.35. The Morgan fingerprint density at radius 3 is 2.79 bits per heavy atom. The molecule has 1 aromatic carbocycles. The molecule has 0 aliphatic rings. The lowest BCUT2D eigenvalue weighted by atomic mass is 10.1. The molecule has 0 unspecified atom stereocenters. The molecule has 2 nitrogen and oxygen atoms in total. The third-order valence-electron chi connectivity index (χ3n) is 2.38. The van der Waals surface area contributed by atoms with E-state index in [1.54, 1.807) is 5.38 Å². The van der Waals surface area contributed by atoms with Gasteiger partial charge in [-0.05, 0) is 23.6 Å². The largest absolute Gasteiger partial charge is 0.506 e. The summed E-state index contributed by atoms with van der Waals surface area (Å²) in [5.41, 5.74) is 2.02. The van der Waals surface area contributed by atoms with Crippen molar-refractivity contribution in [3.05, 3.63) is 28.6 Å². The highest BCUT2D eigenvalue weighted by molar-refractivity contribution is 7.17. The van der Waals surface area contributed by atoms with Crippen LogP contribution in [-0.2, 0) is 13.0 Å². The molecule has 1 aromatic heterocycles. The number of aromatic hydroxyl groups is 1. The summed E-state index contributed by atoms with van der Waals surface area (Å²) in [7, 11) is 0. The summed E-state index contributed by atoms with van der Waals surface area (Å²) in [6, 6.07) is 4.02. The van der Waals surface area contributed by atoms with Crippen molar-refractivity contribution in [3.63, 3.8) is 0 Å². The lowest BCUT2D eigenvalue weighted by molar-refractivity contribution is 0.283. The average Bonchev–Trinajstić information content (AvgIpc) is 2.59. The summed E-state index contributed by atoms with van der Waals surface area (Å²) in [5, 5.41) is 21.3. The van der Waals surface area contributed by atoms with Gasteiger partial charge in [-0.1, -0.05) is 13.0 Å². The maximum absolute atomic E-state index is 9.59. The van der Waals surface area contributed by atoms with E-state index in [-0.39, 0.29) is 12.4 Å². The zero-order valence-electron chi connectivity index (χ0n) is 7.95. The van der Waals surface area contributed by atoms with E-state index < -0.39 is 0 Å². The van der Waals surface area contributed by atoms with Crippen molar-refractivity contribution >= 4 is 21.4 Å². The molecule has 3 heteroatoms. The van der Waals surface area contributed by atoms with E-state index in [9.17, 15) is 10.2 Å². The first kappa shape index (κ1) is 9.49. The molecule has 0 amide bonds. The van der Waals surface area contributed by atoms with Gasteiger partial charge in [0.25, 0.3) is 0 Å². The molecule has 0 saturated heterocycles. The molecule has 2 rings (SSSR count). The van der Waals surface area contributed by atoms with Gasteiger partial charge in [0.2, 0.25) is 0 Å². The predicted molar refractivity (Wildman–Crippen MR) is 58.8 cm³/mol. The molecule has 2 N–H and O–H groups in total. The van der Waals surface area contributed by atoms with Crippen molar-refractivity contribution in [1.82, 2.24) is 0 Å². The van der Waals surface area contributed by atoms with Crippen molar-refractivity contribution in [1.29, 1.82) is 0 Å². The molecule has 2 aromatic rings. The van der Waals surface area contributed by atoms with Crippen LogP contribution in [0.15, 0.2) is 17.5 Å². The Morgan fingerprint density at radius 2 is 2.14 bits per heavy atom. The lowest BCUT2D eigenvalue weighted by Crippen LogP contribution is -1.88. The normalized spacial score (nSPS) is 11.0. The Morgan fingerprint density at radius 1 is 1.36 bits per heavy atom. The minimum Gasteiger partial charge on any atom is -0.506 e. The van der Waals surface area contributed by atoms with Crippen molar-refractivity contribution in [2.45, 2.75) is 20.0 Å². The van der Waals surface area contributed by atoms with Gasteiger partial charge in [-0.25, -0.2) is 0 Å². The number of rotatable bonds is 2. The fraction of sp³-hybridized carbons (Fsp3) is 0.273. The first-order chi connectivity index (χ1) is 6.76. The van der Waals surface area contributed by atoms with Gasteiger partial charge in [-0.3, -0.25) is 0 Å². The predicted octanol–water partition coefficient (Wildman–Crippen LogP) is 2.66. The van der Waals surface area contributed by atoms with Crippen LogP contribution in [-0.4, -0.2) is 10.2 Å². The molecule has 0 saturated carbocycles. The van der Waals surface area contributed by atoms with Gasteiger partial charge in [0.1, 0.15) is 5.75 Å². The monoisotopic (exact) mass is 208 g/mol. The second-order valence-corrected chi connectivity index (χ2v) is 4.17. The highest BCUT2D eigenvalue weighted by Gasteiger charge is 2.08. The van der Waals surface area contributed by atoms with Gasteiger partial charge in [0.05, 0.1) is 6.61 Å². The van der Waals surface area contributed by atoms with E-state index in [1.807, 2.05) is 6.07 Å². The van der Waals surface area contributed by atoms with E-state index >= 15 is 0 Å². The summed E-state index contributed by atoms with van der Waals surface area (Å²) in [5.74, 6) is 0.275. The molecule has 0 fully saturated rings. The standard InChI is InChI=1S/C11H12O2S/c1-2-7-3-8(5-12)11-9(13)6-14-10(11)4-7/h3-4,6,12-13H,2,5H2,1H3. The van der Waals surface area contributed by atoms with E-state index in [2.05, 4.69) is 13.0 Å². The summed E-state index contributed by atoms with van der Waals surface area (Å²) in [6.45, 7) is 2.06. The van der Waals surface area contributed by atoms with E-state index in [4.69, 9.17) is 0 Å². The van der Waals surface area contributed by atoms with Gasteiger partial charge in [0, 0.05) is 15.5 Å². The zero-order valence-corrected chi connectivity index (χ0v) is 8.77. The van der Waals surface area contributed by atoms with Crippen LogP contribution in [0, 0.1) is 0 Å². The number of thiophene rings is 1. The summed E-state index contributed by atoms with van der Waals surface area (Å²) in [6.07, 6.45) is 0.946. The van der Waals surface area contributed by atoms with Crippen LogP contribution in [0.3, 0.4) is 0 Å². The maximum Gasteiger partial charge on any atom is 0.134 e. The van der Waals surface area contributed by atoms with Crippen LogP contribution >= 0.6 is 11.3 Å². The Balaban J connectivity index is 2.76. The molecular weight excluding hydrogens is 196 g/mol. The molecule has 0 radical (unpaired) electrons. The molecule has 0 aliphatic carbocycles. The van der Waals surface area contributed by atoms with Crippen LogP contribution in [0.4, 0.5) is 0 Å². The highest BCUT2D eigenvalue weighted by atomic mass is 32.1. The van der Waals surface area contributed by atoms with E-state index in [0.717, 1.165) is 22.1 Å². The number of hydrogen-bond donors (Lipinski definition) is 2. The maximum atomic E-state index is 9.59. The molecular formula is C11H12O2S. The SMILES string of the molecule is CCc1cc(CO)c2c(O)csc2c1. The van der Waals surface area contributed by atoms with Crippen LogP contribution in [0.1, 0.15) is 18.1 Å². The minimum atomic E-state index is -0.0192. The number of benzene rings is 1. The lowest BCUT2D eigenvalue weighted by Gasteiger charge is -2.03. The van der Waals surface area contributed by atoms with E-state index in [1.165, 1.54) is 16.9 Å². The molecule has 1 heterocycles. The van der Waals surface area contributed by atoms with Gasteiger partial charge in [-0.2, -0.15) is 0 Å². The first-order valence-corrected chi connectivity index (χ1v) is 5.47. The van der Waals surface area contributed by atoms with Crippen molar-refractivity contribution in [3.8, 4) is 5.75 Å². The average molecular weight is 208 g/mol. The van der Waals surface area contributed by atoms with Crippen molar-refractivity contribution in [2.24, 2.45) is 0 Å². The Labute approximate surface area is 86.4 Å². The summed E-state index contributed by atoms with van der Waals surface area (Å²) >= 11 is 1.51. The number of aryl methyl sites for hydroxylation is 1. The second kappa shape index (κ2) is 3.59. The fourth-order valence-corrected chi connectivity index (χ4v) is 2.56. The minimum absolute atomic E-state index is 0.0192. The molecule has 74 valence electrons. The second-order valence-electron chi connectivity index (χ2n) is 3.26. The summed E-state index contributed by atoms with van der Waals surface area (Å²) < 4.78 is 1.05. The first-order valence-electron chi connectivity index (χ1n) is 4.59. The van der Waals surface area contributed by atoms with Crippen LogP contribution in [0.2, 0.25) is 0 Å². The smallest absolute Gasteiger partial charge is 0.134 e. The quantitative estimate of drug-likeness (QED) is 0.796. The molecule has 0 bridgehead atoms. The third-order valence-corrected chi connectivity index (χ3v) is 3.29. The van der Waals surface area contributed by atoms with Crippen molar-refractivity contribution in [2.75, 3.05) is 0 Å². The van der Waals surface area contributed by atoms with Crippen LogP contribution in [0.5, 0.6) is 5.75 Å². The number of fused-ring (bicyclic) bond motifs is 1. The molecule has 0 atom stereocenters.